The summed E-state index contributed by atoms with van der Waals surface area (Å²) in [5.41, 5.74) is 0.631. The minimum Gasteiger partial charge on any atom is -0.355 e. The normalized spacial score (nSPS) is 11.0. The Hall–Kier alpha value is -2.33. The van der Waals surface area contributed by atoms with Gasteiger partial charge in [0.15, 0.2) is 0 Å². The highest BCUT2D eigenvalue weighted by Crippen LogP contribution is 2.21. The summed E-state index contributed by atoms with van der Waals surface area (Å²) >= 11 is 5.91. The first-order chi connectivity index (χ1) is 11.9. The molecule has 2 aromatic carbocycles. The largest absolute Gasteiger partial charge is 0.355 e. The second-order valence-corrected chi connectivity index (χ2v) is 6.87. The topological polar surface area (TPSA) is 58.2 Å². The van der Waals surface area contributed by atoms with Gasteiger partial charge in [0.05, 0.1) is 0 Å². The number of nitrogens with one attached hydrogen (secondary N) is 2. The number of amides is 2. The summed E-state index contributed by atoms with van der Waals surface area (Å²) in [5.74, 6) is -0.657. The van der Waals surface area contributed by atoms with Crippen LogP contribution >= 0.6 is 11.6 Å². The lowest BCUT2D eigenvalue weighted by Crippen LogP contribution is -2.45. The number of halogens is 1. The van der Waals surface area contributed by atoms with E-state index in [1.165, 1.54) is 5.56 Å². The third-order valence-corrected chi connectivity index (χ3v) is 4.22. The first kappa shape index (κ1) is 19.0. The molecule has 0 saturated heterocycles. The predicted molar refractivity (Wildman–Crippen MR) is 102 cm³/mol. The molecule has 0 heterocycles. The van der Waals surface area contributed by atoms with Gasteiger partial charge in [0, 0.05) is 17.3 Å². The first-order valence-corrected chi connectivity index (χ1v) is 8.66. The molecule has 0 bridgehead atoms. The van der Waals surface area contributed by atoms with Gasteiger partial charge in [-0.05, 0) is 50.5 Å². The van der Waals surface area contributed by atoms with Crippen molar-refractivity contribution in [1.82, 2.24) is 5.32 Å². The second kappa shape index (κ2) is 8.67. The number of hydrogen-bond donors (Lipinski definition) is 2. The number of hydrogen-bond acceptors (Lipinski definition) is 2. The van der Waals surface area contributed by atoms with Gasteiger partial charge < -0.3 is 10.6 Å². The number of rotatable bonds is 7. The van der Waals surface area contributed by atoms with Gasteiger partial charge >= 0.3 is 0 Å². The molecule has 0 aliphatic carbocycles. The maximum Gasteiger partial charge on any atom is 0.239 e. The van der Waals surface area contributed by atoms with Crippen molar-refractivity contribution in [1.29, 1.82) is 0 Å². The standard InChI is InChI=1S/C20H23ClN2O2/c1-20(2,19(25)23-17-12-6-11-16(21)14-17)18(24)22-13-7-10-15-8-4-3-5-9-15/h3-6,8-9,11-12,14H,7,10,13H2,1-2H3,(H,22,24)(H,23,25). The molecule has 25 heavy (non-hydrogen) atoms. The highest BCUT2D eigenvalue weighted by Gasteiger charge is 2.35. The van der Waals surface area contributed by atoms with Crippen LogP contribution in [0.25, 0.3) is 0 Å². The molecule has 0 aliphatic rings. The smallest absolute Gasteiger partial charge is 0.239 e. The summed E-state index contributed by atoms with van der Waals surface area (Å²) in [5, 5.41) is 6.11. The first-order valence-electron chi connectivity index (χ1n) is 8.29. The van der Waals surface area contributed by atoms with Crippen LogP contribution in [-0.2, 0) is 16.0 Å². The molecule has 4 nitrogen and oxygen atoms in total. The van der Waals surface area contributed by atoms with Crippen LogP contribution in [0.2, 0.25) is 5.02 Å². The molecule has 0 fully saturated rings. The van der Waals surface area contributed by atoms with Crippen LogP contribution in [0.15, 0.2) is 54.6 Å². The van der Waals surface area contributed by atoms with Crippen LogP contribution in [0, 0.1) is 5.41 Å². The molecule has 0 spiro atoms. The Morgan fingerprint density at radius 1 is 1.00 bits per heavy atom. The number of aryl methyl sites for hydroxylation is 1. The molecule has 0 radical (unpaired) electrons. The molecular weight excluding hydrogens is 336 g/mol. The van der Waals surface area contributed by atoms with E-state index in [0.717, 1.165) is 12.8 Å². The number of anilines is 1. The molecule has 5 heteroatoms. The summed E-state index contributed by atoms with van der Waals surface area (Å²) in [7, 11) is 0. The third kappa shape index (κ3) is 5.61. The van der Waals surface area contributed by atoms with Gasteiger partial charge in [0.25, 0.3) is 0 Å². The fraction of sp³-hybridized carbons (Fsp3) is 0.300. The number of carbonyl (C=O) groups is 2. The van der Waals surface area contributed by atoms with E-state index in [2.05, 4.69) is 22.8 Å². The SMILES string of the molecule is CC(C)(C(=O)NCCCc1ccccc1)C(=O)Nc1cccc(Cl)c1. The third-order valence-electron chi connectivity index (χ3n) is 3.99. The zero-order valence-corrected chi connectivity index (χ0v) is 15.3. The molecule has 0 aromatic heterocycles. The summed E-state index contributed by atoms with van der Waals surface area (Å²) in [6, 6.07) is 16.9. The van der Waals surface area contributed by atoms with E-state index in [9.17, 15) is 9.59 Å². The van der Waals surface area contributed by atoms with Gasteiger partial charge in [0.2, 0.25) is 11.8 Å². The molecule has 2 aromatic rings. The monoisotopic (exact) mass is 358 g/mol. The van der Waals surface area contributed by atoms with Crippen molar-refractivity contribution in [2.45, 2.75) is 26.7 Å². The molecule has 2 amide bonds. The predicted octanol–water partition coefficient (Wildman–Crippen LogP) is 4.05. The van der Waals surface area contributed by atoms with Gasteiger partial charge in [0.1, 0.15) is 5.41 Å². The molecule has 2 rings (SSSR count). The lowest BCUT2D eigenvalue weighted by Gasteiger charge is -2.22. The summed E-state index contributed by atoms with van der Waals surface area (Å²) in [6.45, 7) is 3.75. The quantitative estimate of drug-likeness (QED) is 0.579. The van der Waals surface area contributed by atoms with Crippen LogP contribution in [0.5, 0.6) is 0 Å². The van der Waals surface area contributed by atoms with Gasteiger partial charge in [-0.15, -0.1) is 0 Å². The molecule has 0 saturated carbocycles. The van der Waals surface area contributed by atoms with Crippen molar-refractivity contribution in [2.24, 2.45) is 5.41 Å². The fourth-order valence-corrected chi connectivity index (χ4v) is 2.51. The van der Waals surface area contributed by atoms with Gasteiger partial charge in [-0.2, -0.15) is 0 Å². The van der Waals surface area contributed by atoms with E-state index in [0.29, 0.717) is 17.3 Å². The maximum absolute atomic E-state index is 12.4. The zero-order valence-electron chi connectivity index (χ0n) is 14.5. The average Bonchev–Trinajstić information content (AvgIpc) is 2.59. The van der Waals surface area contributed by atoms with Crippen molar-refractivity contribution in [3.8, 4) is 0 Å². The Bertz CT molecular complexity index is 729. The van der Waals surface area contributed by atoms with E-state index in [1.807, 2.05) is 18.2 Å². The Morgan fingerprint density at radius 3 is 2.40 bits per heavy atom. The highest BCUT2D eigenvalue weighted by atomic mass is 35.5. The second-order valence-electron chi connectivity index (χ2n) is 6.43. The Morgan fingerprint density at radius 2 is 1.72 bits per heavy atom. The molecular formula is C20H23ClN2O2. The van der Waals surface area contributed by atoms with E-state index < -0.39 is 5.41 Å². The summed E-state index contributed by atoms with van der Waals surface area (Å²) in [4.78, 5) is 24.8. The Kier molecular flexibility index (Phi) is 6.59. The number of carbonyl (C=O) groups excluding carboxylic acids is 2. The van der Waals surface area contributed by atoms with E-state index in [-0.39, 0.29) is 11.8 Å². The van der Waals surface area contributed by atoms with Crippen LogP contribution in [0.4, 0.5) is 5.69 Å². The molecule has 0 unspecified atom stereocenters. The van der Waals surface area contributed by atoms with Gasteiger partial charge in [-0.25, -0.2) is 0 Å². The van der Waals surface area contributed by atoms with E-state index >= 15 is 0 Å². The van der Waals surface area contributed by atoms with E-state index in [1.54, 1.807) is 38.1 Å². The minimum absolute atomic E-state index is 0.292. The van der Waals surface area contributed by atoms with Crippen LogP contribution in [0.1, 0.15) is 25.8 Å². The molecule has 2 N–H and O–H groups in total. The molecule has 0 aliphatic heterocycles. The lowest BCUT2D eigenvalue weighted by atomic mass is 9.91. The summed E-state index contributed by atoms with van der Waals surface area (Å²) in [6.07, 6.45) is 1.71. The summed E-state index contributed by atoms with van der Waals surface area (Å²) < 4.78 is 0. The Balaban J connectivity index is 1.83. The van der Waals surface area contributed by atoms with Crippen molar-refractivity contribution in [3.63, 3.8) is 0 Å². The minimum atomic E-state index is -1.17. The van der Waals surface area contributed by atoms with Gasteiger partial charge in [-0.1, -0.05) is 48.0 Å². The van der Waals surface area contributed by atoms with E-state index in [4.69, 9.17) is 11.6 Å². The molecule has 132 valence electrons. The number of benzene rings is 2. The average molecular weight is 359 g/mol. The van der Waals surface area contributed by atoms with Crippen molar-refractivity contribution in [3.05, 3.63) is 65.2 Å². The zero-order chi connectivity index (χ0) is 18.3. The maximum atomic E-state index is 12.4. The Labute approximate surface area is 153 Å². The van der Waals surface area contributed by atoms with Crippen molar-refractivity contribution >= 4 is 29.1 Å². The molecule has 0 atom stereocenters. The van der Waals surface area contributed by atoms with Crippen LogP contribution < -0.4 is 10.6 Å². The fourth-order valence-electron chi connectivity index (χ4n) is 2.32. The van der Waals surface area contributed by atoms with Crippen molar-refractivity contribution < 1.29 is 9.59 Å². The lowest BCUT2D eigenvalue weighted by molar-refractivity contribution is -0.138. The van der Waals surface area contributed by atoms with Crippen molar-refractivity contribution in [2.75, 3.05) is 11.9 Å². The van der Waals surface area contributed by atoms with Crippen LogP contribution in [0.3, 0.4) is 0 Å². The van der Waals surface area contributed by atoms with Crippen LogP contribution in [-0.4, -0.2) is 18.4 Å². The highest BCUT2D eigenvalue weighted by molar-refractivity contribution is 6.31. The van der Waals surface area contributed by atoms with Gasteiger partial charge in [-0.3, -0.25) is 9.59 Å².